The lowest BCUT2D eigenvalue weighted by atomic mass is 10.2. The van der Waals surface area contributed by atoms with Gasteiger partial charge in [-0.25, -0.2) is 4.85 Å². The predicted octanol–water partition coefficient (Wildman–Crippen LogP) is 3.04. The molecule has 0 atom stereocenters. The van der Waals surface area contributed by atoms with Gasteiger partial charge in [-0.3, -0.25) is 0 Å². The van der Waals surface area contributed by atoms with Crippen LogP contribution in [0, 0.1) is 6.57 Å². The molecule has 0 fully saturated rings. The molecule has 3 heteroatoms. The first-order valence-electron chi connectivity index (χ1n) is 3.25. The van der Waals surface area contributed by atoms with Gasteiger partial charge in [0.2, 0.25) is 0 Å². The third kappa shape index (κ3) is 2.11. The van der Waals surface area contributed by atoms with Crippen LogP contribution in [0.25, 0.3) is 10.9 Å². The summed E-state index contributed by atoms with van der Waals surface area (Å²) < 4.78 is 0.880. The van der Waals surface area contributed by atoms with Crippen molar-refractivity contribution >= 4 is 22.0 Å². The normalized spacial score (nSPS) is 10.0. The molecule has 1 rings (SSSR count). The third-order valence-corrected chi connectivity index (χ3v) is 1.81. The molecule has 0 aliphatic heterocycles. The largest absolute Gasteiger partial charge is 0.507 e. The van der Waals surface area contributed by atoms with Gasteiger partial charge in [0.15, 0.2) is 6.20 Å². The molecule has 0 saturated heterocycles. The zero-order chi connectivity index (χ0) is 8.97. The molecule has 1 aromatic rings. The van der Waals surface area contributed by atoms with Crippen LogP contribution in [0.4, 0.5) is 0 Å². The van der Waals surface area contributed by atoms with Crippen molar-refractivity contribution in [3.05, 3.63) is 45.9 Å². The van der Waals surface area contributed by atoms with Gasteiger partial charge >= 0.3 is 0 Å². The molecule has 1 aromatic carbocycles. The van der Waals surface area contributed by atoms with Crippen LogP contribution in [0.5, 0.6) is 5.75 Å². The highest BCUT2D eigenvalue weighted by atomic mass is 79.9. The van der Waals surface area contributed by atoms with Crippen molar-refractivity contribution in [1.29, 1.82) is 0 Å². The molecule has 0 saturated carbocycles. The quantitative estimate of drug-likeness (QED) is 0.728. The van der Waals surface area contributed by atoms with Gasteiger partial charge in [-0.1, -0.05) is 22.0 Å². The molecule has 0 spiro atoms. The van der Waals surface area contributed by atoms with Gasteiger partial charge in [-0.15, -0.1) is 0 Å². The van der Waals surface area contributed by atoms with Crippen molar-refractivity contribution < 1.29 is 5.11 Å². The maximum atomic E-state index is 9.29. The molecule has 0 radical (unpaired) electrons. The van der Waals surface area contributed by atoms with E-state index >= 15 is 0 Å². The number of halogens is 1. The van der Waals surface area contributed by atoms with Gasteiger partial charge in [-0.05, 0) is 18.2 Å². The van der Waals surface area contributed by atoms with E-state index in [-0.39, 0.29) is 5.75 Å². The highest BCUT2D eigenvalue weighted by Crippen LogP contribution is 2.22. The predicted molar refractivity (Wildman–Crippen MR) is 51.4 cm³/mol. The highest BCUT2D eigenvalue weighted by Gasteiger charge is 1.96. The van der Waals surface area contributed by atoms with E-state index in [0.29, 0.717) is 5.56 Å². The Kier molecular flexibility index (Phi) is 2.89. The molecular weight excluding hydrogens is 218 g/mol. The van der Waals surface area contributed by atoms with Crippen LogP contribution in [0.3, 0.4) is 0 Å². The van der Waals surface area contributed by atoms with Crippen molar-refractivity contribution in [2.45, 2.75) is 0 Å². The zero-order valence-corrected chi connectivity index (χ0v) is 7.75. The zero-order valence-electron chi connectivity index (χ0n) is 6.16. The molecule has 0 unspecified atom stereocenters. The van der Waals surface area contributed by atoms with Gasteiger partial charge in [0.1, 0.15) is 5.75 Å². The van der Waals surface area contributed by atoms with Crippen LogP contribution in [-0.4, -0.2) is 5.11 Å². The lowest BCUT2D eigenvalue weighted by molar-refractivity contribution is 0.474. The number of aromatic hydroxyl groups is 1. The smallest absolute Gasteiger partial charge is 0.154 e. The van der Waals surface area contributed by atoms with Crippen molar-refractivity contribution in [1.82, 2.24) is 0 Å². The molecule has 1 N–H and O–H groups in total. The van der Waals surface area contributed by atoms with Crippen LogP contribution in [-0.2, 0) is 0 Å². The molecule has 0 aliphatic carbocycles. The third-order valence-electron chi connectivity index (χ3n) is 1.32. The number of nitrogens with zero attached hydrogens (tertiary/aromatic N) is 1. The number of benzene rings is 1. The van der Waals surface area contributed by atoms with Crippen molar-refractivity contribution in [3.8, 4) is 5.75 Å². The SMILES string of the molecule is [C-]#[N+]/C=C/c1cc(Br)ccc1O. The van der Waals surface area contributed by atoms with E-state index in [4.69, 9.17) is 6.57 Å². The van der Waals surface area contributed by atoms with Gasteiger partial charge in [0.05, 0.1) is 6.57 Å². The summed E-state index contributed by atoms with van der Waals surface area (Å²) in [7, 11) is 0. The second kappa shape index (κ2) is 3.93. The van der Waals surface area contributed by atoms with Crippen molar-refractivity contribution in [2.24, 2.45) is 0 Å². The summed E-state index contributed by atoms with van der Waals surface area (Å²) in [6.07, 6.45) is 2.87. The van der Waals surface area contributed by atoms with E-state index in [1.54, 1.807) is 24.3 Å². The van der Waals surface area contributed by atoms with E-state index in [1.165, 1.54) is 6.20 Å². The van der Waals surface area contributed by atoms with E-state index < -0.39 is 0 Å². The van der Waals surface area contributed by atoms with E-state index in [0.717, 1.165) is 4.47 Å². The van der Waals surface area contributed by atoms with E-state index in [1.807, 2.05) is 0 Å². The second-order valence-electron chi connectivity index (χ2n) is 2.15. The number of hydrogen-bond donors (Lipinski definition) is 1. The molecule has 0 bridgehead atoms. The molecular formula is C9H6BrNO. The fraction of sp³-hybridized carbons (Fsp3) is 0. The molecule has 0 amide bonds. The Bertz CT molecular complexity index is 352. The standard InChI is InChI=1S/C9H6BrNO/c1-11-5-4-7-6-8(10)2-3-9(7)12/h2-6,12H/b5-4+. The van der Waals surface area contributed by atoms with Crippen molar-refractivity contribution in [3.63, 3.8) is 0 Å². The first-order chi connectivity index (χ1) is 5.74. The summed E-state index contributed by atoms with van der Waals surface area (Å²) in [4.78, 5) is 3.04. The lowest BCUT2D eigenvalue weighted by Gasteiger charge is -1.98. The monoisotopic (exact) mass is 223 g/mol. The minimum atomic E-state index is 0.179. The minimum absolute atomic E-state index is 0.179. The number of phenols is 1. The average molecular weight is 224 g/mol. The lowest BCUT2D eigenvalue weighted by Crippen LogP contribution is -1.73. The molecule has 0 aliphatic rings. The Balaban J connectivity index is 3.07. The second-order valence-corrected chi connectivity index (χ2v) is 3.06. The minimum Gasteiger partial charge on any atom is -0.507 e. The molecule has 12 heavy (non-hydrogen) atoms. The van der Waals surface area contributed by atoms with Crippen molar-refractivity contribution in [2.75, 3.05) is 0 Å². The highest BCUT2D eigenvalue weighted by molar-refractivity contribution is 9.10. The summed E-state index contributed by atoms with van der Waals surface area (Å²) in [5.74, 6) is 0.179. The summed E-state index contributed by atoms with van der Waals surface area (Å²) in [5, 5.41) is 9.29. The Morgan fingerprint density at radius 2 is 2.25 bits per heavy atom. The van der Waals surface area contributed by atoms with Crippen LogP contribution in [0.1, 0.15) is 5.56 Å². The van der Waals surface area contributed by atoms with Gasteiger partial charge < -0.3 is 5.11 Å². The van der Waals surface area contributed by atoms with Gasteiger partial charge in [0.25, 0.3) is 0 Å². The fourth-order valence-electron chi connectivity index (χ4n) is 0.776. The Morgan fingerprint density at radius 3 is 2.92 bits per heavy atom. The Morgan fingerprint density at radius 1 is 1.50 bits per heavy atom. The van der Waals surface area contributed by atoms with E-state index in [2.05, 4.69) is 20.8 Å². The average Bonchev–Trinajstić information content (AvgIpc) is 2.07. The van der Waals surface area contributed by atoms with Crippen LogP contribution < -0.4 is 0 Å². The molecule has 0 aromatic heterocycles. The maximum absolute atomic E-state index is 9.29. The number of hydrogen-bond acceptors (Lipinski definition) is 1. The number of rotatable bonds is 1. The topological polar surface area (TPSA) is 24.6 Å². The Labute approximate surface area is 79.1 Å². The molecule has 0 heterocycles. The summed E-state index contributed by atoms with van der Waals surface area (Å²) in [6, 6.07) is 5.06. The molecule has 2 nitrogen and oxygen atoms in total. The first-order valence-corrected chi connectivity index (χ1v) is 4.05. The fourth-order valence-corrected chi connectivity index (χ4v) is 1.16. The summed E-state index contributed by atoms with van der Waals surface area (Å²) >= 11 is 3.27. The maximum Gasteiger partial charge on any atom is 0.154 e. The first kappa shape index (κ1) is 8.82. The molecule has 60 valence electrons. The van der Waals surface area contributed by atoms with Gasteiger partial charge in [-0.2, -0.15) is 0 Å². The summed E-state index contributed by atoms with van der Waals surface area (Å²) in [5.41, 5.74) is 0.639. The summed E-state index contributed by atoms with van der Waals surface area (Å²) in [6.45, 7) is 6.52. The van der Waals surface area contributed by atoms with Crippen LogP contribution in [0.15, 0.2) is 28.9 Å². The van der Waals surface area contributed by atoms with Crippen LogP contribution in [0.2, 0.25) is 0 Å². The van der Waals surface area contributed by atoms with Gasteiger partial charge in [0, 0.05) is 10.0 Å². The Hall–Kier alpha value is -1.27. The van der Waals surface area contributed by atoms with E-state index in [9.17, 15) is 5.11 Å². The van der Waals surface area contributed by atoms with Crippen LogP contribution >= 0.6 is 15.9 Å². The number of phenolic OH excluding ortho intramolecular Hbond substituents is 1.